The molecule has 430 valence electrons. The fourth-order valence-corrected chi connectivity index (χ4v) is 17.9. The number of anilines is 6. The minimum Gasteiger partial charge on any atom is -0.308 e. The van der Waals surface area contributed by atoms with Crippen molar-refractivity contribution in [3.05, 3.63) is 289 Å². The number of rotatable bonds is 12. The lowest BCUT2D eigenvalue weighted by Crippen LogP contribution is -2.16. The molecular formula is C84H65FN2S2. The number of aryl methyl sites for hydroxylation is 1. The lowest BCUT2D eigenvalue weighted by molar-refractivity contribution is 0.630. The molecule has 0 saturated carbocycles. The van der Waals surface area contributed by atoms with E-state index in [9.17, 15) is 0 Å². The van der Waals surface area contributed by atoms with Crippen LogP contribution in [0.2, 0.25) is 0 Å². The van der Waals surface area contributed by atoms with Gasteiger partial charge in [0.25, 0.3) is 0 Å². The van der Waals surface area contributed by atoms with Gasteiger partial charge in [-0.2, -0.15) is 10.9 Å². The van der Waals surface area contributed by atoms with E-state index in [1.54, 1.807) is 17.4 Å². The quantitative estimate of drug-likeness (QED) is 0.0962. The largest absolute Gasteiger partial charge is 0.308 e. The van der Waals surface area contributed by atoms with Crippen LogP contribution in [0.3, 0.4) is 0 Å². The number of fused-ring (bicyclic) bond motifs is 6. The SMILES string of the molecule is Cc1cc(-c2ccccc2)cc(-c2ccccc2)c1N(c1cccc2c1[SH](C)c1ccccc1-2)c1cc(C(C)C)c2ccc3c(N(c4c(F)cc(-c5ccccc5)cc4-c4ccccc4)c4cccc5c4sc4ccccc45)cc(C(C)C)c4ccc1c2c43. The normalized spacial score (nSPS) is 13.4. The maximum Gasteiger partial charge on any atom is 0.148 e. The second-order valence-electron chi connectivity index (χ2n) is 24.5. The zero-order chi connectivity index (χ0) is 60.2. The minimum absolute atomic E-state index is 0.108. The van der Waals surface area contributed by atoms with E-state index in [0.717, 1.165) is 71.4 Å². The Kier molecular flexibility index (Phi) is 13.4. The fraction of sp³-hybridized carbons (Fsp3) is 0.0952. The highest BCUT2D eigenvalue weighted by atomic mass is 32.2. The number of hydrogen-bond acceptors (Lipinski definition) is 3. The van der Waals surface area contributed by atoms with Gasteiger partial charge in [-0.1, -0.05) is 234 Å². The molecule has 0 fully saturated rings. The van der Waals surface area contributed by atoms with Crippen molar-refractivity contribution in [2.45, 2.75) is 56.2 Å². The third-order valence-corrected chi connectivity index (χ3v) is 22.1. The smallest absolute Gasteiger partial charge is 0.148 e. The maximum atomic E-state index is 18.8. The van der Waals surface area contributed by atoms with Crippen LogP contribution in [0.5, 0.6) is 0 Å². The van der Waals surface area contributed by atoms with Gasteiger partial charge in [-0.15, -0.1) is 11.3 Å². The van der Waals surface area contributed by atoms with E-state index in [0.29, 0.717) is 5.69 Å². The zero-order valence-corrected chi connectivity index (χ0v) is 52.4. The first-order valence-corrected chi connectivity index (χ1v) is 33.6. The number of halogens is 1. The van der Waals surface area contributed by atoms with E-state index < -0.39 is 10.9 Å². The van der Waals surface area contributed by atoms with Gasteiger partial charge in [0, 0.05) is 42.3 Å². The Morgan fingerprint density at radius 1 is 0.360 bits per heavy atom. The molecule has 0 amide bonds. The van der Waals surface area contributed by atoms with Crippen molar-refractivity contribution in [3.63, 3.8) is 0 Å². The van der Waals surface area contributed by atoms with Crippen LogP contribution in [0.25, 0.3) is 108 Å². The number of hydrogen-bond donors (Lipinski definition) is 1. The summed E-state index contributed by atoms with van der Waals surface area (Å²) in [5.41, 5.74) is 20.4. The van der Waals surface area contributed by atoms with Gasteiger partial charge in [0.2, 0.25) is 0 Å². The van der Waals surface area contributed by atoms with Crippen molar-refractivity contribution in [2.75, 3.05) is 16.1 Å². The molecule has 5 heteroatoms. The molecule has 1 aliphatic rings. The van der Waals surface area contributed by atoms with Crippen molar-refractivity contribution in [2.24, 2.45) is 0 Å². The van der Waals surface area contributed by atoms with Gasteiger partial charge in [-0.25, -0.2) is 4.39 Å². The van der Waals surface area contributed by atoms with Crippen molar-refractivity contribution in [1.29, 1.82) is 0 Å². The highest BCUT2D eigenvalue weighted by molar-refractivity contribution is 8.17. The Balaban J connectivity index is 1.05. The number of thiol groups is 1. The molecule has 89 heavy (non-hydrogen) atoms. The average Bonchev–Trinajstić information content (AvgIpc) is 0.882. The Hall–Kier alpha value is -9.78. The average molecular weight is 1190 g/mol. The molecular weight excluding hydrogens is 1120 g/mol. The Bertz CT molecular complexity index is 5250. The van der Waals surface area contributed by atoms with E-state index in [1.807, 2.05) is 24.3 Å². The fourth-order valence-electron chi connectivity index (χ4n) is 14.6. The summed E-state index contributed by atoms with van der Waals surface area (Å²) in [5, 5.41) is 9.40. The van der Waals surface area contributed by atoms with E-state index in [1.165, 1.54) is 91.6 Å². The summed E-state index contributed by atoms with van der Waals surface area (Å²) < 4.78 is 21.1. The lowest BCUT2D eigenvalue weighted by atomic mass is 9.83. The zero-order valence-electron chi connectivity index (χ0n) is 50.7. The Morgan fingerprint density at radius 2 is 0.820 bits per heavy atom. The number of thiophene rings is 1. The molecule has 2 nitrogen and oxygen atoms in total. The summed E-state index contributed by atoms with van der Waals surface area (Å²) in [6.45, 7) is 11.6. The maximum absolute atomic E-state index is 18.8. The summed E-state index contributed by atoms with van der Waals surface area (Å²) in [5.74, 6) is -0.0335. The first kappa shape index (κ1) is 54.6. The van der Waals surface area contributed by atoms with Gasteiger partial charge in [0.1, 0.15) is 5.82 Å². The van der Waals surface area contributed by atoms with Crippen LogP contribution >= 0.6 is 22.2 Å². The number of nitrogens with zero attached hydrogens (tertiary/aromatic N) is 2. The van der Waals surface area contributed by atoms with Crippen molar-refractivity contribution in [1.82, 2.24) is 0 Å². The molecule has 0 N–H and O–H groups in total. The van der Waals surface area contributed by atoms with Crippen LogP contribution in [0.1, 0.15) is 56.2 Å². The van der Waals surface area contributed by atoms with Crippen LogP contribution in [0, 0.1) is 12.7 Å². The highest BCUT2D eigenvalue weighted by Gasteiger charge is 2.34. The molecule has 14 aromatic carbocycles. The van der Waals surface area contributed by atoms with Crippen LogP contribution < -0.4 is 9.80 Å². The van der Waals surface area contributed by atoms with Gasteiger partial charge in [-0.05, 0) is 173 Å². The van der Waals surface area contributed by atoms with E-state index in [2.05, 4.69) is 287 Å². The predicted octanol–water partition coefficient (Wildman–Crippen LogP) is 25.3. The molecule has 0 spiro atoms. The summed E-state index contributed by atoms with van der Waals surface area (Å²) >= 11 is 1.78. The lowest BCUT2D eigenvalue weighted by Gasteiger charge is -2.35. The molecule has 0 bridgehead atoms. The van der Waals surface area contributed by atoms with Crippen LogP contribution in [0.4, 0.5) is 38.5 Å². The third kappa shape index (κ3) is 8.88. The summed E-state index contributed by atoms with van der Waals surface area (Å²) in [6.07, 6.45) is 2.45. The molecule has 16 rings (SSSR count). The standard InChI is InChI=1S/C84H65FN2S2/c1-51(2)68-49-75(86(73-37-23-35-64-60-33-19-21-39-77(60)88-83(64)73)82-71(57-31-17-10-18-32-57)47-59(48-72(82)85)55-27-13-8-14-28-55)66-43-41-63-69(52(3)4)50-76(67-44-42-62(68)79(66)80(63)67)87(74-38-24-36-65-61-34-20-22-40-78(61)89(6)84(65)74)81-53(5)45-58(54-25-11-7-12-26-54)46-70(81)56-29-15-9-16-30-56/h7-52,89H,1-6H3. The molecule has 0 saturated heterocycles. The molecule has 1 atom stereocenters. The molecule has 0 aliphatic carbocycles. The van der Waals surface area contributed by atoms with Crippen LogP contribution in [-0.4, -0.2) is 6.26 Å². The van der Waals surface area contributed by atoms with Crippen molar-refractivity contribution < 1.29 is 4.39 Å². The highest BCUT2D eigenvalue weighted by Crippen LogP contribution is 2.63. The third-order valence-electron chi connectivity index (χ3n) is 18.6. The van der Waals surface area contributed by atoms with E-state index >= 15 is 4.39 Å². The van der Waals surface area contributed by atoms with Gasteiger partial charge in [-0.3, -0.25) is 0 Å². The first-order valence-electron chi connectivity index (χ1n) is 31.0. The summed E-state index contributed by atoms with van der Waals surface area (Å²) in [6, 6.07) is 97.1. The topological polar surface area (TPSA) is 6.48 Å². The molecule has 2 heterocycles. The summed E-state index contributed by atoms with van der Waals surface area (Å²) in [4.78, 5) is 7.77. The van der Waals surface area contributed by atoms with E-state index in [-0.39, 0.29) is 17.7 Å². The van der Waals surface area contributed by atoms with Crippen molar-refractivity contribution >= 4 is 109 Å². The Labute approximate surface area is 527 Å². The van der Waals surface area contributed by atoms with Gasteiger partial charge in [0.15, 0.2) is 0 Å². The molecule has 15 aromatic rings. The van der Waals surface area contributed by atoms with Crippen LogP contribution in [0.15, 0.2) is 277 Å². The second-order valence-corrected chi connectivity index (χ2v) is 27.6. The van der Waals surface area contributed by atoms with E-state index in [4.69, 9.17) is 0 Å². The van der Waals surface area contributed by atoms with Gasteiger partial charge in [0.05, 0.1) is 38.8 Å². The second kappa shape index (κ2) is 21.8. The predicted molar refractivity (Wildman–Crippen MR) is 384 cm³/mol. The molecule has 0 radical (unpaired) electrons. The molecule has 1 unspecified atom stereocenters. The van der Waals surface area contributed by atoms with Crippen LogP contribution in [-0.2, 0) is 0 Å². The van der Waals surface area contributed by atoms with Gasteiger partial charge >= 0.3 is 0 Å². The van der Waals surface area contributed by atoms with Gasteiger partial charge < -0.3 is 9.80 Å². The number of benzene rings is 14. The minimum atomic E-state index is -0.752. The van der Waals surface area contributed by atoms with Crippen molar-refractivity contribution in [3.8, 4) is 55.6 Å². The summed E-state index contributed by atoms with van der Waals surface area (Å²) in [7, 11) is -0.752. The molecule has 1 aromatic heterocycles. The Morgan fingerprint density at radius 3 is 1.42 bits per heavy atom. The first-order chi connectivity index (χ1) is 43.6. The molecule has 1 aliphatic heterocycles. The monoisotopic (exact) mass is 1180 g/mol.